The maximum absolute atomic E-state index is 12.5. The van der Waals surface area contributed by atoms with E-state index in [4.69, 9.17) is 4.74 Å². The highest BCUT2D eigenvalue weighted by Gasteiger charge is 2.18. The first kappa shape index (κ1) is 22.8. The Balaban J connectivity index is 1.79. The number of nitrogens with zero attached hydrogens (tertiary/aromatic N) is 5. The number of rotatable bonds is 10. The summed E-state index contributed by atoms with van der Waals surface area (Å²) in [5.74, 6) is -0.228. The molecule has 3 aromatic rings. The van der Waals surface area contributed by atoms with Gasteiger partial charge in [-0.1, -0.05) is 5.21 Å². The minimum Gasteiger partial charge on any atom is -0.474 e. The molecule has 0 spiro atoms. The summed E-state index contributed by atoms with van der Waals surface area (Å²) in [6.45, 7) is 5.01. The van der Waals surface area contributed by atoms with Gasteiger partial charge in [-0.15, -0.1) is 5.10 Å². The van der Waals surface area contributed by atoms with Crippen LogP contribution in [0.3, 0.4) is 0 Å². The normalized spacial score (nSPS) is 10.8. The van der Waals surface area contributed by atoms with Gasteiger partial charge >= 0.3 is 0 Å². The summed E-state index contributed by atoms with van der Waals surface area (Å²) in [7, 11) is 1.53. The molecule has 0 fully saturated rings. The lowest BCUT2D eigenvalue weighted by atomic mass is 10.1. The van der Waals surface area contributed by atoms with Crippen molar-refractivity contribution in [1.29, 1.82) is 0 Å². The van der Waals surface area contributed by atoms with Crippen LogP contribution in [0.15, 0.2) is 42.9 Å². The van der Waals surface area contributed by atoms with Gasteiger partial charge < -0.3 is 20.7 Å². The summed E-state index contributed by atoms with van der Waals surface area (Å²) in [6, 6.07) is 6.72. The van der Waals surface area contributed by atoms with E-state index in [9.17, 15) is 9.59 Å². The molecule has 0 radical (unpaired) electrons. The van der Waals surface area contributed by atoms with Crippen LogP contribution >= 0.6 is 0 Å². The van der Waals surface area contributed by atoms with Crippen LogP contribution in [0.5, 0.6) is 5.88 Å². The van der Waals surface area contributed by atoms with Gasteiger partial charge in [0.15, 0.2) is 0 Å². The largest absolute Gasteiger partial charge is 0.474 e. The molecule has 3 rings (SSSR count). The topological polar surface area (TPSA) is 136 Å². The van der Waals surface area contributed by atoms with E-state index in [0.717, 1.165) is 0 Å². The van der Waals surface area contributed by atoms with Crippen LogP contribution in [-0.2, 0) is 11.3 Å². The molecular weight excluding hydrogens is 412 g/mol. The second kappa shape index (κ2) is 11.0. The van der Waals surface area contributed by atoms with Gasteiger partial charge in [-0.05, 0) is 38.1 Å². The van der Waals surface area contributed by atoms with Crippen LogP contribution in [0.25, 0.3) is 11.3 Å². The highest BCUT2D eigenvalue weighted by Crippen LogP contribution is 2.32. The standard InChI is InChI=1S/C21H26N8O3/c1-14(2)32-21-15(5-4-8-24-21)19-16(6-7-17(27-19)20(31)22-3)26-18(30)13-23-9-11-29-12-10-25-28-29/h4-8,10,12,14,23H,9,11,13H2,1-3H3,(H,22,31)(H,26,30). The van der Waals surface area contributed by atoms with Crippen LogP contribution in [0.1, 0.15) is 24.3 Å². The number of hydrogen-bond donors (Lipinski definition) is 3. The van der Waals surface area contributed by atoms with Gasteiger partial charge in [-0.3, -0.25) is 14.3 Å². The molecule has 0 aliphatic heterocycles. The van der Waals surface area contributed by atoms with Crippen molar-refractivity contribution >= 4 is 17.5 Å². The van der Waals surface area contributed by atoms with Crippen molar-refractivity contribution in [2.45, 2.75) is 26.5 Å². The molecule has 0 bridgehead atoms. The molecule has 11 heteroatoms. The molecule has 11 nitrogen and oxygen atoms in total. The highest BCUT2D eigenvalue weighted by molar-refractivity contribution is 5.98. The predicted octanol–water partition coefficient (Wildman–Crippen LogP) is 1.11. The highest BCUT2D eigenvalue weighted by atomic mass is 16.5. The van der Waals surface area contributed by atoms with Crippen LogP contribution in [0.4, 0.5) is 5.69 Å². The number of carbonyl (C=O) groups excluding carboxylic acids is 2. The van der Waals surface area contributed by atoms with Gasteiger partial charge in [0.2, 0.25) is 11.8 Å². The van der Waals surface area contributed by atoms with Crippen LogP contribution in [0.2, 0.25) is 0 Å². The molecule has 0 atom stereocenters. The predicted molar refractivity (Wildman–Crippen MR) is 118 cm³/mol. The minimum atomic E-state index is -0.339. The molecule has 168 valence electrons. The molecule has 0 aromatic carbocycles. The van der Waals surface area contributed by atoms with Crippen molar-refractivity contribution < 1.29 is 14.3 Å². The summed E-state index contributed by atoms with van der Waals surface area (Å²) in [5, 5.41) is 16.1. The number of hydrogen-bond acceptors (Lipinski definition) is 8. The smallest absolute Gasteiger partial charge is 0.269 e. The number of nitrogens with one attached hydrogen (secondary N) is 3. The Morgan fingerprint density at radius 2 is 2.03 bits per heavy atom. The number of amides is 2. The molecule has 0 unspecified atom stereocenters. The van der Waals surface area contributed by atoms with Crippen molar-refractivity contribution in [2.75, 3.05) is 25.5 Å². The third-order valence-electron chi connectivity index (χ3n) is 4.28. The lowest BCUT2D eigenvalue weighted by molar-refractivity contribution is -0.115. The first-order chi connectivity index (χ1) is 15.5. The van der Waals surface area contributed by atoms with Crippen molar-refractivity contribution in [3.8, 4) is 17.1 Å². The van der Waals surface area contributed by atoms with E-state index in [0.29, 0.717) is 35.9 Å². The van der Waals surface area contributed by atoms with E-state index >= 15 is 0 Å². The Labute approximate surface area is 185 Å². The fraction of sp³-hybridized carbons (Fsp3) is 0.333. The first-order valence-electron chi connectivity index (χ1n) is 10.2. The van der Waals surface area contributed by atoms with Gasteiger partial charge in [0.25, 0.3) is 5.91 Å². The van der Waals surface area contributed by atoms with Crippen molar-refractivity contribution in [3.05, 3.63) is 48.5 Å². The first-order valence-corrected chi connectivity index (χ1v) is 10.2. The second-order valence-electron chi connectivity index (χ2n) is 7.09. The third kappa shape index (κ3) is 6.08. The average Bonchev–Trinajstić information content (AvgIpc) is 3.30. The van der Waals surface area contributed by atoms with Crippen molar-refractivity contribution in [2.24, 2.45) is 0 Å². The maximum Gasteiger partial charge on any atom is 0.269 e. The van der Waals surface area contributed by atoms with E-state index in [1.807, 2.05) is 13.8 Å². The van der Waals surface area contributed by atoms with Gasteiger partial charge in [-0.2, -0.15) is 0 Å². The van der Waals surface area contributed by atoms with Crippen LogP contribution in [0, 0.1) is 0 Å². The quantitative estimate of drug-likeness (QED) is 0.401. The Morgan fingerprint density at radius 1 is 1.19 bits per heavy atom. The lowest BCUT2D eigenvalue weighted by Crippen LogP contribution is -2.30. The Kier molecular flexibility index (Phi) is 7.81. The van der Waals surface area contributed by atoms with E-state index < -0.39 is 0 Å². The molecule has 0 saturated heterocycles. The van der Waals surface area contributed by atoms with Crippen LogP contribution in [-0.4, -0.2) is 63.0 Å². The van der Waals surface area contributed by atoms with Crippen molar-refractivity contribution in [3.63, 3.8) is 0 Å². The number of carbonyl (C=O) groups is 2. The molecule has 0 saturated carbocycles. The molecule has 0 aliphatic rings. The van der Waals surface area contributed by atoms with Crippen LogP contribution < -0.4 is 20.7 Å². The monoisotopic (exact) mass is 438 g/mol. The molecule has 3 N–H and O–H groups in total. The van der Waals surface area contributed by atoms with Crippen molar-refractivity contribution in [1.82, 2.24) is 35.6 Å². The zero-order valence-electron chi connectivity index (χ0n) is 18.2. The van der Waals surface area contributed by atoms with E-state index in [1.165, 1.54) is 7.05 Å². The molecule has 32 heavy (non-hydrogen) atoms. The number of aromatic nitrogens is 5. The Bertz CT molecular complexity index is 1050. The number of ether oxygens (including phenoxy) is 1. The Hall–Kier alpha value is -3.86. The van der Waals surface area contributed by atoms with Gasteiger partial charge in [0.1, 0.15) is 11.4 Å². The zero-order chi connectivity index (χ0) is 22.9. The fourth-order valence-electron chi connectivity index (χ4n) is 2.85. The summed E-state index contributed by atoms with van der Waals surface area (Å²) in [4.78, 5) is 33.4. The number of anilines is 1. The van der Waals surface area contributed by atoms with Gasteiger partial charge in [-0.25, -0.2) is 9.97 Å². The Morgan fingerprint density at radius 3 is 2.75 bits per heavy atom. The minimum absolute atomic E-state index is 0.0910. The SMILES string of the molecule is CNC(=O)c1ccc(NC(=O)CNCCn2ccnn2)c(-c2cccnc2OC(C)C)n1. The van der Waals surface area contributed by atoms with E-state index in [2.05, 4.69) is 36.2 Å². The van der Waals surface area contributed by atoms with Gasteiger partial charge in [0, 0.05) is 26.0 Å². The summed E-state index contributed by atoms with van der Waals surface area (Å²) >= 11 is 0. The summed E-state index contributed by atoms with van der Waals surface area (Å²) < 4.78 is 7.48. The summed E-state index contributed by atoms with van der Waals surface area (Å²) in [5.41, 5.74) is 1.63. The average molecular weight is 438 g/mol. The zero-order valence-corrected chi connectivity index (χ0v) is 18.2. The van der Waals surface area contributed by atoms with E-state index in [1.54, 1.807) is 47.5 Å². The van der Waals surface area contributed by atoms with E-state index in [-0.39, 0.29) is 30.2 Å². The second-order valence-corrected chi connectivity index (χ2v) is 7.09. The maximum atomic E-state index is 12.5. The molecule has 2 amide bonds. The number of pyridine rings is 2. The third-order valence-corrected chi connectivity index (χ3v) is 4.28. The molecular formula is C21H26N8O3. The molecule has 0 aliphatic carbocycles. The fourth-order valence-corrected chi connectivity index (χ4v) is 2.85. The van der Waals surface area contributed by atoms with Gasteiger partial charge in [0.05, 0.1) is 36.6 Å². The molecule has 3 heterocycles. The lowest BCUT2D eigenvalue weighted by Gasteiger charge is -2.16. The molecule has 3 aromatic heterocycles. The summed E-state index contributed by atoms with van der Waals surface area (Å²) in [6.07, 6.45) is 4.84.